The summed E-state index contributed by atoms with van der Waals surface area (Å²) < 4.78 is 127. The fourth-order valence-electron chi connectivity index (χ4n) is 3.97. The van der Waals surface area contributed by atoms with Crippen molar-refractivity contribution in [1.29, 1.82) is 0 Å². The van der Waals surface area contributed by atoms with Gasteiger partial charge in [0.25, 0.3) is 0 Å². The predicted molar refractivity (Wildman–Crippen MR) is 90.9 cm³/mol. The lowest BCUT2D eigenvalue weighted by atomic mass is 10.1. The first-order chi connectivity index (χ1) is 12.6. The van der Waals surface area contributed by atoms with Crippen LogP contribution in [0.4, 0.5) is 26.3 Å². The Morgan fingerprint density at radius 1 is 0.759 bits per heavy atom. The fourth-order valence-corrected chi connectivity index (χ4v) is 7.44. The standard InChI is InChI=1S/C13H26F6N4O4S2/c1-7-11(8-2,20-22(3,4)9-10-23(20,5)6)21(28(24,25)12(14,15)16)29(26,27)13(17,18)19/h7-10H2,1-6H3/q+2. The Morgan fingerprint density at radius 2 is 1.03 bits per heavy atom. The van der Waals surface area contributed by atoms with Gasteiger partial charge in [0.2, 0.25) is 5.66 Å². The predicted octanol–water partition coefficient (Wildman–Crippen LogP) is 1.80. The molecule has 29 heavy (non-hydrogen) atoms. The molecule has 0 aromatic rings. The first-order valence-corrected chi connectivity index (χ1v) is 11.3. The van der Waals surface area contributed by atoms with E-state index in [4.69, 9.17) is 0 Å². The summed E-state index contributed by atoms with van der Waals surface area (Å²) in [6, 6.07) is 0. The summed E-state index contributed by atoms with van der Waals surface area (Å²) in [4.78, 5) is 0. The zero-order chi connectivity index (χ0) is 23.5. The Morgan fingerprint density at radius 3 is 1.24 bits per heavy atom. The molecule has 16 heteroatoms. The molecule has 0 amide bonds. The molecular weight excluding hydrogens is 454 g/mol. The highest BCUT2D eigenvalue weighted by atomic mass is 32.3. The molecule has 0 aliphatic carbocycles. The number of halogens is 6. The summed E-state index contributed by atoms with van der Waals surface area (Å²) in [5.74, 6) is 0. The summed E-state index contributed by atoms with van der Waals surface area (Å²) in [5, 5.41) is 1.06. The van der Waals surface area contributed by atoms with E-state index in [0.29, 0.717) is 0 Å². The molecule has 0 aromatic heterocycles. The first-order valence-electron chi connectivity index (χ1n) is 8.46. The zero-order valence-corrected chi connectivity index (χ0v) is 18.5. The highest BCUT2D eigenvalue weighted by Crippen LogP contribution is 2.47. The lowest BCUT2D eigenvalue weighted by Gasteiger charge is -2.51. The van der Waals surface area contributed by atoms with E-state index >= 15 is 0 Å². The maximum absolute atomic E-state index is 13.4. The topological polar surface area (TPSA) is 74.8 Å². The number of quaternary nitrogens is 2. The molecular formula is C13H26F6N4O4S2+2. The Labute approximate surface area is 166 Å². The van der Waals surface area contributed by atoms with Crippen LogP contribution >= 0.6 is 0 Å². The van der Waals surface area contributed by atoms with Gasteiger partial charge in [-0.15, -0.1) is 0 Å². The van der Waals surface area contributed by atoms with Gasteiger partial charge in [-0.2, -0.15) is 35.5 Å². The Bertz CT molecular complexity index is 772. The van der Waals surface area contributed by atoms with Crippen molar-refractivity contribution < 1.29 is 52.4 Å². The minimum absolute atomic E-state index is 0.223. The summed E-state index contributed by atoms with van der Waals surface area (Å²) in [6.07, 6.45) is -1.31. The third-order valence-electron chi connectivity index (χ3n) is 5.09. The largest absolute Gasteiger partial charge is 0.512 e. The van der Waals surface area contributed by atoms with Gasteiger partial charge in [0.15, 0.2) is 13.1 Å². The molecule has 0 radical (unpaired) electrons. The molecule has 0 unspecified atom stereocenters. The van der Waals surface area contributed by atoms with E-state index in [1.54, 1.807) is 0 Å². The van der Waals surface area contributed by atoms with Gasteiger partial charge in [0.1, 0.15) is 0 Å². The van der Waals surface area contributed by atoms with Crippen molar-refractivity contribution in [2.45, 2.75) is 43.4 Å². The number of alkyl halides is 6. The van der Waals surface area contributed by atoms with Crippen LogP contribution in [0.5, 0.6) is 0 Å². The monoisotopic (exact) mass is 480 g/mol. The minimum Gasteiger partial charge on any atom is -0.202 e. The number of likely N-dealkylation sites (N-methyl/N-ethyl adjacent to an activating group) is 2. The number of nitrogens with zero attached hydrogens (tertiary/aromatic N) is 4. The average Bonchev–Trinajstić information content (AvgIpc) is 2.71. The van der Waals surface area contributed by atoms with Crippen molar-refractivity contribution in [2.75, 3.05) is 41.3 Å². The first kappa shape index (κ1) is 26.4. The number of hydrogen-bond acceptors (Lipinski definition) is 5. The molecule has 8 nitrogen and oxygen atoms in total. The van der Waals surface area contributed by atoms with Crippen molar-refractivity contribution in [3.05, 3.63) is 0 Å². The van der Waals surface area contributed by atoms with Crippen molar-refractivity contribution in [3.63, 3.8) is 0 Å². The number of rotatable bonds is 6. The average molecular weight is 480 g/mol. The Hall–Kier alpha value is -0.680. The minimum atomic E-state index is -6.94. The van der Waals surface area contributed by atoms with Crippen LogP contribution in [0.15, 0.2) is 0 Å². The lowest BCUT2D eigenvalue weighted by molar-refractivity contribution is -1.19. The summed E-state index contributed by atoms with van der Waals surface area (Å²) in [5.41, 5.74) is -15.2. The van der Waals surface area contributed by atoms with Crippen LogP contribution in [0.2, 0.25) is 0 Å². The van der Waals surface area contributed by atoms with E-state index in [2.05, 4.69) is 0 Å². The van der Waals surface area contributed by atoms with E-state index in [-0.39, 0.29) is 22.3 Å². The molecule has 0 saturated carbocycles. The Balaban J connectivity index is 4.13. The summed E-state index contributed by atoms with van der Waals surface area (Å²) in [7, 11) is -8.07. The normalized spacial score (nSPS) is 21.7. The maximum Gasteiger partial charge on any atom is 0.512 e. The second-order valence-electron chi connectivity index (χ2n) is 7.77. The number of hydrogen-bond donors (Lipinski definition) is 0. The van der Waals surface area contributed by atoms with Gasteiger partial charge in [-0.05, 0) is 16.6 Å². The molecule has 0 spiro atoms. The van der Waals surface area contributed by atoms with Gasteiger partial charge in [0.05, 0.1) is 28.2 Å². The van der Waals surface area contributed by atoms with Crippen LogP contribution in [0.1, 0.15) is 26.7 Å². The molecule has 1 fully saturated rings. The van der Waals surface area contributed by atoms with E-state index in [1.807, 2.05) is 0 Å². The molecule has 1 heterocycles. The second-order valence-corrected chi connectivity index (χ2v) is 11.6. The van der Waals surface area contributed by atoms with Gasteiger partial charge in [-0.3, -0.25) is 0 Å². The zero-order valence-electron chi connectivity index (χ0n) is 16.8. The molecule has 0 bridgehead atoms. The Kier molecular flexibility index (Phi) is 6.53. The highest BCUT2D eigenvalue weighted by Gasteiger charge is 2.73. The van der Waals surface area contributed by atoms with Gasteiger partial charge >= 0.3 is 31.1 Å². The summed E-state index contributed by atoms with van der Waals surface area (Å²) in [6.45, 7) is 2.74. The summed E-state index contributed by atoms with van der Waals surface area (Å²) >= 11 is 0. The van der Waals surface area contributed by atoms with Gasteiger partial charge in [-0.1, -0.05) is 13.8 Å². The van der Waals surface area contributed by atoms with Crippen LogP contribution in [0.25, 0.3) is 0 Å². The van der Waals surface area contributed by atoms with Crippen molar-refractivity contribution in [3.8, 4) is 0 Å². The molecule has 1 rings (SSSR count). The van der Waals surface area contributed by atoms with Gasteiger partial charge < -0.3 is 0 Å². The van der Waals surface area contributed by atoms with Crippen LogP contribution in [-0.4, -0.2) is 92.8 Å². The SMILES string of the molecule is CCC(CC)(N1[N+](C)(C)CC[N+]1(C)C)N(S(=O)(=O)C(F)(F)F)S(=O)(=O)C(F)(F)F. The highest BCUT2D eigenvalue weighted by molar-refractivity contribution is 8.04. The van der Waals surface area contributed by atoms with E-state index in [1.165, 1.54) is 28.2 Å². The lowest BCUT2D eigenvalue weighted by Crippen LogP contribution is -2.77. The fraction of sp³-hybridized carbons (Fsp3) is 1.00. The van der Waals surface area contributed by atoms with Crippen LogP contribution in [0.3, 0.4) is 0 Å². The molecule has 0 aromatic carbocycles. The van der Waals surface area contributed by atoms with Crippen LogP contribution < -0.4 is 0 Å². The molecule has 1 aliphatic rings. The van der Waals surface area contributed by atoms with Crippen molar-refractivity contribution in [2.24, 2.45) is 0 Å². The third-order valence-corrected chi connectivity index (χ3v) is 8.99. The van der Waals surface area contributed by atoms with E-state index < -0.39 is 53.3 Å². The smallest absolute Gasteiger partial charge is 0.202 e. The van der Waals surface area contributed by atoms with Crippen LogP contribution in [-0.2, 0) is 20.0 Å². The van der Waals surface area contributed by atoms with Crippen LogP contribution in [0, 0.1) is 0 Å². The molecule has 0 N–H and O–H groups in total. The van der Waals surface area contributed by atoms with Gasteiger partial charge in [-0.25, -0.2) is 16.8 Å². The van der Waals surface area contributed by atoms with Crippen molar-refractivity contribution >= 4 is 20.0 Å². The second kappa shape index (κ2) is 7.19. The number of sulfonamides is 2. The quantitative estimate of drug-likeness (QED) is 0.428. The molecule has 1 aliphatic heterocycles. The van der Waals surface area contributed by atoms with Gasteiger partial charge in [0, 0.05) is 5.12 Å². The molecule has 1 saturated heterocycles. The third kappa shape index (κ3) is 3.98. The van der Waals surface area contributed by atoms with E-state index in [0.717, 1.165) is 19.0 Å². The molecule has 0 atom stereocenters. The van der Waals surface area contributed by atoms with Crippen molar-refractivity contribution in [1.82, 2.24) is 8.83 Å². The van der Waals surface area contributed by atoms with E-state index in [9.17, 15) is 43.2 Å². The maximum atomic E-state index is 13.4. The molecule has 174 valence electrons.